The molecule has 2 aromatic rings. The summed E-state index contributed by atoms with van der Waals surface area (Å²) in [6.07, 6.45) is 1.42. The number of rotatable bonds is 3. The van der Waals surface area contributed by atoms with Crippen molar-refractivity contribution in [2.75, 3.05) is 5.32 Å². The van der Waals surface area contributed by atoms with E-state index in [1.54, 1.807) is 6.07 Å². The van der Waals surface area contributed by atoms with Crippen molar-refractivity contribution in [3.05, 3.63) is 34.3 Å². The zero-order valence-electron chi connectivity index (χ0n) is 8.07. The first-order valence-corrected chi connectivity index (χ1v) is 5.20. The van der Waals surface area contributed by atoms with Gasteiger partial charge in [-0.2, -0.15) is 4.39 Å². The minimum atomic E-state index is -0.492. The molecular formula is C9H9FN4S. The Morgan fingerprint density at radius 3 is 3.00 bits per heavy atom. The summed E-state index contributed by atoms with van der Waals surface area (Å²) in [7, 11) is 0. The molecule has 0 unspecified atom stereocenters. The minimum absolute atomic E-state index is 0.492. The van der Waals surface area contributed by atoms with Crippen LogP contribution in [-0.2, 0) is 6.54 Å². The number of halogens is 1. The van der Waals surface area contributed by atoms with Crippen molar-refractivity contribution in [1.29, 1.82) is 0 Å². The molecule has 0 aromatic carbocycles. The Morgan fingerprint density at radius 1 is 1.47 bits per heavy atom. The third-order valence-corrected chi connectivity index (χ3v) is 2.58. The molecule has 6 heteroatoms. The first-order valence-electron chi connectivity index (χ1n) is 4.38. The van der Waals surface area contributed by atoms with E-state index in [9.17, 15) is 4.39 Å². The van der Waals surface area contributed by atoms with Gasteiger partial charge in [0.15, 0.2) is 0 Å². The Hall–Kier alpha value is -1.56. The molecule has 15 heavy (non-hydrogen) atoms. The summed E-state index contributed by atoms with van der Waals surface area (Å²) in [6, 6.07) is 3.05. The Labute approximate surface area is 90.2 Å². The number of nitrogens with one attached hydrogen (secondary N) is 1. The Bertz CT molecular complexity index is 457. The number of aryl methyl sites for hydroxylation is 1. The molecule has 0 aliphatic heterocycles. The molecule has 0 saturated carbocycles. The number of pyridine rings is 1. The van der Waals surface area contributed by atoms with Gasteiger partial charge < -0.3 is 5.32 Å². The standard InChI is InChI=1S/C9H9FN4S/c1-6-13-14-9(15-6)5-12-7-2-3-11-8(10)4-7/h2-4H,5H2,1H3,(H,11,12). The van der Waals surface area contributed by atoms with Crippen LogP contribution >= 0.6 is 11.3 Å². The molecule has 2 heterocycles. The monoisotopic (exact) mass is 224 g/mol. The molecule has 2 rings (SSSR count). The fourth-order valence-electron chi connectivity index (χ4n) is 1.10. The zero-order valence-corrected chi connectivity index (χ0v) is 8.88. The molecule has 0 radical (unpaired) electrons. The summed E-state index contributed by atoms with van der Waals surface area (Å²) in [4.78, 5) is 3.47. The summed E-state index contributed by atoms with van der Waals surface area (Å²) in [5.74, 6) is -0.492. The molecule has 0 bridgehead atoms. The van der Waals surface area contributed by atoms with Crippen molar-refractivity contribution in [3.8, 4) is 0 Å². The summed E-state index contributed by atoms with van der Waals surface area (Å²) < 4.78 is 12.7. The number of hydrogen-bond acceptors (Lipinski definition) is 5. The van der Waals surface area contributed by atoms with Crippen molar-refractivity contribution < 1.29 is 4.39 Å². The summed E-state index contributed by atoms with van der Waals surface area (Å²) in [5.41, 5.74) is 0.690. The van der Waals surface area contributed by atoms with E-state index < -0.39 is 5.95 Å². The fraction of sp³-hybridized carbons (Fsp3) is 0.222. The molecule has 0 aliphatic carbocycles. The Kier molecular flexibility index (Phi) is 2.86. The fourth-order valence-corrected chi connectivity index (χ4v) is 1.75. The third-order valence-electron chi connectivity index (χ3n) is 1.74. The molecule has 0 amide bonds. The smallest absolute Gasteiger partial charge is 0.214 e. The highest BCUT2D eigenvalue weighted by Gasteiger charge is 2.00. The Morgan fingerprint density at radius 2 is 2.33 bits per heavy atom. The van der Waals surface area contributed by atoms with Crippen molar-refractivity contribution in [1.82, 2.24) is 15.2 Å². The van der Waals surface area contributed by atoms with E-state index in [2.05, 4.69) is 20.5 Å². The van der Waals surface area contributed by atoms with Crippen LogP contribution in [-0.4, -0.2) is 15.2 Å². The topological polar surface area (TPSA) is 50.7 Å². The van der Waals surface area contributed by atoms with E-state index in [0.717, 1.165) is 10.0 Å². The van der Waals surface area contributed by atoms with E-state index >= 15 is 0 Å². The van der Waals surface area contributed by atoms with Gasteiger partial charge in [-0.15, -0.1) is 10.2 Å². The summed E-state index contributed by atoms with van der Waals surface area (Å²) in [5, 5.41) is 12.7. The van der Waals surface area contributed by atoms with Crippen LogP contribution < -0.4 is 5.32 Å². The van der Waals surface area contributed by atoms with Crippen molar-refractivity contribution in [3.63, 3.8) is 0 Å². The number of nitrogens with zero attached hydrogens (tertiary/aromatic N) is 3. The molecule has 0 aliphatic rings. The highest BCUT2D eigenvalue weighted by atomic mass is 32.1. The molecule has 0 atom stereocenters. The SMILES string of the molecule is Cc1nnc(CNc2ccnc(F)c2)s1. The number of anilines is 1. The van der Waals surface area contributed by atoms with Crippen molar-refractivity contribution in [2.24, 2.45) is 0 Å². The lowest BCUT2D eigenvalue weighted by atomic mass is 10.4. The second kappa shape index (κ2) is 4.31. The van der Waals surface area contributed by atoms with Gasteiger partial charge in [0.25, 0.3) is 0 Å². The van der Waals surface area contributed by atoms with Crippen LogP contribution in [0.4, 0.5) is 10.1 Å². The van der Waals surface area contributed by atoms with Crippen LogP contribution in [0, 0.1) is 12.9 Å². The molecule has 0 saturated heterocycles. The normalized spacial score (nSPS) is 10.3. The van der Waals surface area contributed by atoms with Crippen LogP contribution in [0.2, 0.25) is 0 Å². The van der Waals surface area contributed by atoms with Crippen molar-refractivity contribution in [2.45, 2.75) is 13.5 Å². The molecule has 78 valence electrons. The minimum Gasteiger partial charge on any atom is -0.378 e. The summed E-state index contributed by atoms with van der Waals surface area (Å²) >= 11 is 1.52. The quantitative estimate of drug-likeness (QED) is 0.810. The van der Waals surface area contributed by atoms with Gasteiger partial charge in [0.05, 0.1) is 6.54 Å². The van der Waals surface area contributed by atoms with Crippen LogP contribution in [0.25, 0.3) is 0 Å². The van der Waals surface area contributed by atoms with E-state index in [1.807, 2.05) is 6.92 Å². The van der Waals surface area contributed by atoms with E-state index in [4.69, 9.17) is 0 Å². The van der Waals surface area contributed by atoms with Gasteiger partial charge in [-0.1, -0.05) is 11.3 Å². The largest absolute Gasteiger partial charge is 0.378 e. The first-order chi connectivity index (χ1) is 7.24. The molecule has 0 fully saturated rings. The van der Waals surface area contributed by atoms with Gasteiger partial charge in [-0.25, -0.2) is 4.98 Å². The molecular weight excluding hydrogens is 215 g/mol. The van der Waals surface area contributed by atoms with Gasteiger partial charge in [0, 0.05) is 18.0 Å². The van der Waals surface area contributed by atoms with Crippen LogP contribution in [0.15, 0.2) is 18.3 Å². The summed E-state index contributed by atoms with van der Waals surface area (Å²) in [6.45, 7) is 2.45. The van der Waals surface area contributed by atoms with Crippen LogP contribution in [0.3, 0.4) is 0 Å². The van der Waals surface area contributed by atoms with E-state index in [-0.39, 0.29) is 0 Å². The van der Waals surface area contributed by atoms with Gasteiger partial charge >= 0.3 is 0 Å². The lowest BCUT2D eigenvalue weighted by Gasteiger charge is -2.02. The average molecular weight is 224 g/mol. The molecule has 0 spiro atoms. The maximum atomic E-state index is 12.7. The lowest BCUT2D eigenvalue weighted by Crippen LogP contribution is -1.99. The highest BCUT2D eigenvalue weighted by molar-refractivity contribution is 7.11. The third kappa shape index (κ3) is 2.69. The van der Waals surface area contributed by atoms with Gasteiger partial charge in [-0.05, 0) is 13.0 Å². The van der Waals surface area contributed by atoms with E-state index in [0.29, 0.717) is 12.2 Å². The van der Waals surface area contributed by atoms with Crippen LogP contribution in [0.1, 0.15) is 10.0 Å². The zero-order chi connectivity index (χ0) is 10.7. The van der Waals surface area contributed by atoms with Gasteiger partial charge in [0.1, 0.15) is 10.0 Å². The molecule has 2 aromatic heterocycles. The second-order valence-corrected chi connectivity index (χ2v) is 4.20. The predicted octanol–water partition coefficient (Wildman–Crippen LogP) is 1.99. The Balaban J connectivity index is 1.99. The highest BCUT2D eigenvalue weighted by Crippen LogP contribution is 2.12. The lowest BCUT2D eigenvalue weighted by molar-refractivity contribution is 0.584. The average Bonchev–Trinajstić information content (AvgIpc) is 2.62. The second-order valence-electron chi connectivity index (χ2n) is 2.94. The molecule has 4 nitrogen and oxygen atoms in total. The number of hydrogen-bond donors (Lipinski definition) is 1. The van der Waals surface area contributed by atoms with Crippen LogP contribution in [0.5, 0.6) is 0 Å². The van der Waals surface area contributed by atoms with E-state index in [1.165, 1.54) is 23.6 Å². The predicted molar refractivity (Wildman–Crippen MR) is 56.2 cm³/mol. The maximum Gasteiger partial charge on any atom is 0.214 e. The first kappa shape index (κ1) is 9.97. The number of aromatic nitrogens is 3. The van der Waals surface area contributed by atoms with Crippen molar-refractivity contribution >= 4 is 17.0 Å². The molecule has 1 N–H and O–H groups in total. The van der Waals surface area contributed by atoms with Gasteiger partial charge in [-0.3, -0.25) is 0 Å². The maximum absolute atomic E-state index is 12.7. The van der Waals surface area contributed by atoms with Gasteiger partial charge in [0.2, 0.25) is 5.95 Å².